The van der Waals surface area contributed by atoms with Crippen molar-refractivity contribution in [2.75, 3.05) is 38.1 Å². The van der Waals surface area contributed by atoms with Gasteiger partial charge in [-0.15, -0.1) is 0 Å². The molecule has 2 aliphatic rings. The highest BCUT2D eigenvalue weighted by Crippen LogP contribution is 2.26. The fourth-order valence-electron chi connectivity index (χ4n) is 3.96. The zero-order valence-corrected chi connectivity index (χ0v) is 17.5. The first-order chi connectivity index (χ1) is 14.0. The first-order valence-corrected chi connectivity index (χ1v) is 10.7. The predicted octanol–water partition coefficient (Wildman–Crippen LogP) is 2.35. The number of amides is 2. The molecular weight excluding hydrogens is 370 g/mol. The lowest BCUT2D eigenvalue weighted by Crippen LogP contribution is -2.46. The quantitative estimate of drug-likeness (QED) is 0.619. The fourth-order valence-corrected chi connectivity index (χ4v) is 3.96. The molecule has 2 heterocycles. The van der Waals surface area contributed by atoms with Crippen molar-refractivity contribution in [1.29, 1.82) is 0 Å². The summed E-state index contributed by atoms with van der Waals surface area (Å²) in [6.45, 7) is 8.33. The number of fused-ring (bicyclic) bond motifs is 1. The van der Waals surface area contributed by atoms with E-state index in [1.807, 2.05) is 18.2 Å². The minimum atomic E-state index is 0.0613. The molecule has 1 fully saturated rings. The molecule has 7 nitrogen and oxygen atoms in total. The van der Waals surface area contributed by atoms with E-state index in [0.717, 1.165) is 49.5 Å². The van der Waals surface area contributed by atoms with E-state index in [1.54, 1.807) is 0 Å². The lowest BCUT2D eigenvalue weighted by molar-refractivity contribution is -0.121. The van der Waals surface area contributed by atoms with E-state index in [1.165, 1.54) is 0 Å². The van der Waals surface area contributed by atoms with Gasteiger partial charge < -0.3 is 20.1 Å². The Morgan fingerprint density at radius 3 is 2.83 bits per heavy atom. The maximum absolute atomic E-state index is 12.0. The predicted molar refractivity (Wildman–Crippen MR) is 112 cm³/mol. The molecule has 1 aromatic rings. The second-order valence-corrected chi connectivity index (χ2v) is 8.04. The first-order valence-electron chi connectivity index (χ1n) is 10.7. The van der Waals surface area contributed by atoms with Crippen molar-refractivity contribution in [3.8, 4) is 5.75 Å². The van der Waals surface area contributed by atoms with Crippen LogP contribution in [-0.2, 0) is 20.7 Å². The number of nitrogens with one attached hydrogen (secondary N) is 2. The normalized spacial score (nSPS) is 21.9. The average Bonchev–Trinajstić information content (AvgIpc) is 2.68. The van der Waals surface area contributed by atoms with Gasteiger partial charge in [0.05, 0.1) is 18.8 Å². The van der Waals surface area contributed by atoms with E-state index in [4.69, 9.17) is 9.47 Å². The highest BCUT2D eigenvalue weighted by atomic mass is 16.5. The number of rotatable bonds is 9. The van der Waals surface area contributed by atoms with Gasteiger partial charge in [-0.25, -0.2) is 0 Å². The van der Waals surface area contributed by atoms with Crippen LogP contribution in [0.5, 0.6) is 5.75 Å². The number of morpholine rings is 1. The molecule has 2 unspecified atom stereocenters. The number of aryl methyl sites for hydroxylation is 1. The summed E-state index contributed by atoms with van der Waals surface area (Å²) in [6.07, 6.45) is 3.91. The smallest absolute Gasteiger partial charge is 0.224 e. The highest BCUT2D eigenvalue weighted by Gasteiger charge is 2.21. The molecule has 1 saturated heterocycles. The second-order valence-electron chi connectivity index (χ2n) is 8.04. The zero-order valence-electron chi connectivity index (χ0n) is 17.5. The van der Waals surface area contributed by atoms with Crippen LogP contribution in [0.3, 0.4) is 0 Å². The van der Waals surface area contributed by atoms with Crippen LogP contribution in [0.4, 0.5) is 5.69 Å². The van der Waals surface area contributed by atoms with Gasteiger partial charge in [0.2, 0.25) is 11.8 Å². The Bertz CT molecular complexity index is 699. The third-order valence-corrected chi connectivity index (χ3v) is 5.26. The minimum Gasteiger partial charge on any atom is -0.494 e. The molecule has 2 atom stereocenters. The van der Waals surface area contributed by atoms with Crippen LogP contribution in [-0.4, -0.2) is 61.7 Å². The Morgan fingerprint density at radius 2 is 2.03 bits per heavy atom. The topological polar surface area (TPSA) is 79.9 Å². The van der Waals surface area contributed by atoms with Crippen molar-refractivity contribution in [2.45, 2.75) is 58.2 Å². The Hall–Kier alpha value is -2.12. The van der Waals surface area contributed by atoms with Gasteiger partial charge in [0.25, 0.3) is 0 Å². The van der Waals surface area contributed by atoms with E-state index in [0.29, 0.717) is 32.4 Å². The molecule has 2 N–H and O–H groups in total. The average molecular weight is 404 g/mol. The first kappa shape index (κ1) is 21.6. The highest BCUT2D eigenvalue weighted by molar-refractivity contribution is 5.94. The summed E-state index contributed by atoms with van der Waals surface area (Å²) in [4.78, 5) is 25.8. The molecule has 0 bridgehead atoms. The summed E-state index contributed by atoms with van der Waals surface area (Å²) in [5, 5.41) is 5.86. The van der Waals surface area contributed by atoms with Gasteiger partial charge >= 0.3 is 0 Å². The molecule has 3 rings (SSSR count). The summed E-state index contributed by atoms with van der Waals surface area (Å²) in [6, 6.07) is 5.71. The lowest BCUT2D eigenvalue weighted by atomic mass is 10.0. The summed E-state index contributed by atoms with van der Waals surface area (Å²) in [5.74, 6) is 0.922. The van der Waals surface area contributed by atoms with E-state index >= 15 is 0 Å². The summed E-state index contributed by atoms with van der Waals surface area (Å²) < 4.78 is 11.5. The Morgan fingerprint density at radius 1 is 1.24 bits per heavy atom. The zero-order chi connectivity index (χ0) is 20.6. The third-order valence-electron chi connectivity index (χ3n) is 5.26. The van der Waals surface area contributed by atoms with Crippen LogP contribution in [0.25, 0.3) is 0 Å². The Kier molecular flexibility index (Phi) is 7.89. The molecule has 0 radical (unpaired) electrons. The fraction of sp³-hybridized carbons (Fsp3) is 0.636. The van der Waals surface area contributed by atoms with Gasteiger partial charge in [-0.3, -0.25) is 14.5 Å². The third kappa shape index (κ3) is 7.01. The maximum atomic E-state index is 12.0. The van der Waals surface area contributed by atoms with Crippen LogP contribution >= 0.6 is 0 Å². The molecule has 1 aromatic carbocycles. The van der Waals surface area contributed by atoms with E-state index in [-0.39, 0.29) is 24.0 Å². The van der Waals surface area contributed by atoms with Gasteiger partial charge in [0.1, 0.15) is 5.75 Å². The van der Waals surface area contributed by atoms with Gasteiger partial charge in [-0.2, -0.15) is 0 Å². The van der Waals surface area contributed by atoms with Crippen molar-refractivity contribution in [3.05, 3.63) is 23.8 Å². The number of benzene rings is 1. The molecule has 0 saturated carbocycles. The van der Waals surface area contributed by atoms with Crippen LogP contribution in [0.2, 0.25) is 0 Å². The van der Waals surface area contributed by atoms with Crippen molar-refractivity contribution in [3.63, 3.8) is 0 Å². The maximum Gasteiger partial charge on any atom is 0.224 e. The van der Waals surface area contributed by atoms with Crippen molar-refractivity contribution >= 4 is 17.5 Å². The van der Waals surface area contributed by atoms with Crippen molar-refractivity contribution in [1.82, 2.24) is 10.2 Å². The molecule has 7 heteroatoms. The number of hydrogen-bond donors (Lipinski definition) is 2. The largest absolute Gasteiger partial charge is 0.494 e. The van der Waals surface area contributed by atoms with E-state index in [9.17, 15) is 9.59 Å². The number of hydrogen-bond acceptors (Lipinski definition) is 5. The summed E-state index contributed by atoms with van der Waals surface area (Å²) >= 11 is 0. The van der Waals surface area contributed by atoms with E-state index < -0.39 is 0 Å². The lowest BCUT2D eigenvalue weighted by Gasteiger charge is -2.35. The number of carbonyl (C=O) groups is 2. The molecule has 0 spiro atoms. The Balaban J connectivity index is 1.25. The standard InChI is InChI=1S/C22H33N3O4/c1-16-14-25(15-17(2)29-16)11-4-10-23-21(26)5-3-12-28-19-7-8-20-18(13-19)6-9-22(27)24-20/h7-8,13,16-17H,3-6,9-12,14-15H2,1-2H3,(H,23,26)(H,24,27). The van der Waals surface area contributed by atoms with Crippen LogP contribution in [0, 0.1) is 0 Å². The molecule has 29 heavy (non-hydrogen) atoms. The molecular formula is C22H33N3O4. The monoisotopic (exact) mass is 403 g/mol. The summed E-state index contributed by atoms with van der Waals surface area (Å²) in [7, 11) is 0. The molecule has 2 aliphatic heterocycles. The molecule has 2 amide bonds. The summed E-state index contributed by atoms with van der Waals surface area (Å²) in [5.41, 5.74) is 1.97. The van der Waals surface area contributed by atoms with Crippen molar-refractivity contribution < 1.29 is 19.1 Å². The van der Waals surface area contributed by atoms with Crippen LogP contribution in [0.15, 0.2) is 18.2 Å². The molecule has 0 aromatic heterocycles. The van der Waals surface area contributed by atoms with Gasteiger partial charge in [-0.05, 0) is 56.9 Å². The van der Waals surface area contributed by atoms with E-state index in [2.05, 4.69) is 29.4 Å². The Labute approximate surface area is 173 Å². The van der Waals surface area contributed by atoms with Gasteiger partial charge in [0.15, 0.2) is 0 Å². The van der Waals surface area contributed by atoms with Crippen LogP contribution in [0.1, 0.15) is 45.1 Å². The number of anilines is 1. The second kappa shape index (κ2) is 10.6. The SMILES string of the molecule is CC1CN(CCCNC(=O)CCCOc2ccc3c(c2)CCC(=O)N3)CC(C)O1. The van der Waals surface area contributed by atoms with Crippen LogP contribution < -0.4 is 15.4 Å². The molecule has 160 valence electrons. The molecule has 0 aliphatic carbocycles. The van der Waals surface area contributed by atoms with Gasteiger partial charge in [0, 0.05) is 44.7 Å². The number of ether oxygens (including phenoxy) is 2. The minimum absolute atomic E-state index is 0.0613. The van der Waals surface area contributed by atoms with Crippen molar-refractivity contribution in [2.24, 2.45) is 0 Å². The number of carbonyl (C=O) groups excluding carboxylic acids is 2. The van der Waals surface area contributed by atoms with Gasteiger partial charge in [-0.1, -0.05) is 0 Å². The number of nitrogens with zero attached hydrogens (tertiary/aromatic N) is 1.